The van der Waals surface area contributed by atoms with E-state index < -0.39 is 29.6 Å². The second-order valence-corrected chi connectivity index (χ2v) is 12.1. The Balaban J connectivity index is 1.42. The summed E-state index contributed by atoms with van der Waals surface area (Å²) in [5.41, 5.74) is 5.06. The van der Waals surface area contributed by atoms with E-state index in [0.29, 0.717) is 63.5 Å². The summed E-state index contributed by atoms with van der Waals surface area (Å²) in [6.45, 7) is 5.16. The van der Waals surface area contributed by atoms with Crippen LogP contribution in [0.25, 0.3) is 0 Å². The van der Waals surface area contributed by atoms with Gasteiger partial charge in [0, 0.05) is 18.2 Å². The Labute approximate surface area is 273 Å². The predicted octanol–water partition coefficient (Wildman–Crippen LogP) is 5.58. The van der Waals surface area contributed by atoms with E-state index in [1.165, 1.54) is 12.1 Å². The van der Waals surface area contributed by atoms with Crippen LogP contribution in [0.2, 0.25) is 0 Å². The molecular formula is C33H42F3N5O4S. The number of likely N-dealkylation sites (tertiary alicyclic amines) is 1. The maximum Gasteiger partial charge on any atom is 0.416 e. The molecule has 0 aromatic heterocycles. The third-order valence-electron chi connectivity index (χ3n) is 8.40. The van der Waals surface area contributed by atoms with Crippen molar-refractivity contribution in [1.29, 1.82) is 0 Å². The fraction of sp³-hybridized carbons (Fsp3) is 0.515. The van der Waals surface area contributed by atoms with E-state index >= 15 is 0 Å². The first-order valence-electron chi connectivity index (χ1n) is 15.8. The standard InChI is InChI=1S/C33H42F3N5O4S/c1-2-3-4-5-20-45-27-12-10-25(11-13-27)38-29(42)22-28-31(44)41(26-9-6-8-24(21-26)33(34,35)36)32(46)40(28)17-7-16-39-18-14-23(15-19-39)30(37)43/h6,8-13,21,23,28H,2-5,7,14-20,22H2,1H3,(H2,37,43)(H,38,42)/t28-/m1/s1. The Hall–Kier alpha value is -3.71. The van der Waals surface area contributed by atoms with Gasteiger partial charge in [-0.1, -0.05) is 32.3 Å². The van der Waals surface area contributed by atoms with Gasteiger partial charge in [-0.15, -0.1) is 0 Å². The number of unbranched alkanes of at least 4 members (excludes halogenated alkanes) is 3. The summed E-state index contributed by atoms with van der Waals surface area (Å²) in [7, 11) is 0. The normalized spacial score (nSPS) is 17.9. The van der Waals surface area contributed by atoms with Gasteiger partial charge in [0.15, 0.2) is 5.11 Å². The second kappa shape index (κ2) is 16.2. The van der Waals surface area contributed by atoms with E-state index in [2.05, 4.69) is 17.1 Å². The van der Waals surface area contributed by atoms with Crippen LogP contribution in [0, 0.1) is 5.92 Å². The van der Waals surface area contributed by atoms with Crippen molar-refractivity contribution in [2.24, 2.45) is 11.7 Å². The third kappa shape index (κ3) is 9.41. The van der Waals surface area contributed by atoms with Crippen LogP contribution in [0.15, 0.2) is 48.5 Å². The molecule has 2 aromatic rings. The number of carbonyl (C=O) groups is 3. The van der Waals surface area contributed by atoms with Gasteiger partial charge in [0.25, 0.3) is 5.91 Å². The van der Waals surface area contributed by atoms with Crippen LogP contribution in [0.1, 0.15) is 63.9 Å². The number of carbonyl (C=O) groups excluding carboxylic acids is 3. The lowest BCUT2D eigenvalue weighted by Crippen LogP contribution is -2.41. The summed E-state index contributed by atoms with van der Waals surface area (Å²) in [6, 6.07) is 10.4. The number of alkyl halides is 3. The molecule has 4 rings (SSSR count). The minimum absolute atomic E-state index is 0.00320. The van der Waals surface area contributed by atoms with Crippen LogP contribution in [0.5, 0.6) is 5.75 Å². The molecule has 1 atom stereocenters. The first kappa shape index (κ1) is 35.1. The number of hydrogen-bond donors (Lipinski definition) is 2. The summed E-state index contributed by atoms with van der Waals surface area (Å²) >= 11 is 5.64. The number of nitrogens with one attached hydrogen (secondary N) is 1. The lowest BCUT2D eigenvalue weighted by atomic mass is 9.96. The molecule has 2 aliphatic heterocycles. The van der Waals surface area contributed by atoms with Crippen LogP contribution in [0.4, 0.5) is 24.5 Å². The zero-order chi connectivity index (χ0) is 33.3. The number of primary amides is 1. The number of amides is 3. The van der Waals surface area contributed by atoms with Gasteiger partial charge in [-0.3, -0.25) is 19.3 Å². The molecule has 0 saturated carbocycles. The molecule has 2 aliphatic rings. The van der Waals surface area contributed by atoms with Gasteiger partial charge in [0.2, 0.25) is 11.8 Å². The summed E-state index contributed by atoms with van der Waals surface area (Å²) in [5.74, 6) is -0.735. The summed E-state index contributed by atoms with van der Waals surface area (Å²) in [4.78, 5) is 43.3. The van der Waals surface area contributed by atoms with Gasteiger partial charge in [-0.2, -0.15) is 13.2 Å². The maximum atomic E-state index is 13.7. The monoisotopic (exact) mass is 661 g/mol. The molecule has 0 radical (unpaired) electrons. The smallest absolute Gasteiger partial charge is 0.416 e. The number of nitrogens with two attached hydrogens (primary N) is 1. The predicted molar refractivity (Wildman–Crippen MR) is 174 cm³/mol. The average Bonchev–Trinajstić information content (AvgIpc) is 3.25. The Kier molecular flexibility index (Phi) is 12.4. The van der Waals surface area contributed by atoms with Gasteiger partial charge in [0.05, 0.1) is 24.3 Å². The molecule has 2 fully saturated rings. The number of nitrogens with zero attached hydrogens (tertiary/aromatic N) is 3. The van der Waals surface area contributed by atoms with Crippen LogP contribution >= 0.6 is 12.2 Å². The van der Waals surface area contributed by atoms with Gasteiger partial charge < -0.3 is 25.6 Å². The van der Waals surface area contributed by atoms with E-state index in [1.54, 1.807) is 29.2 Å². The highest BCUT2D eigenvalue weighted by Gasteiger charge is 2.44. The first-order chi connectivity index (χ1) is 22.0. The van der Waals surface area contributed by atoms with Crippen LogP contribution in [-0.4, -0.2) is 71.5 Å². The molecule has 0 unspecified atom stereocenters. The van der Waals surface area contributed by atoms with Gasteiger partial charge in [-0.05, 0) is 100.0 Å². The largest absolute Gasteiger partial charge is 0.494 e. The molecule has 13 heteroatoms. The highest BCUT2D eigenvalue weighted by atomic mass is 32.1. The molecule has 250 valence electrons. The van der Waals surface area contributed by atoms with Crippen molar-refractivity contribution in [1.82, 2.24) is 9.80 Å². The number of benzene rings is 2. The number of ether oxygens (including phenoxy) is 1. The van der Waals surface area contributed by atoms with Gasteiger partial charge in [-0.25, -0.2) is 0 Å². The molecule has 2 saturated heterocycles. The lowest BCUT2D eigenvalue weighted by molar-refractivity contribution is -0.137. The maximum absolute atomic E-state index is 13.7. The number of piperidine rings is 1. The number of anilines is 2. The SMILES string of the molecule is CCCCCCOc1ccc(NC(=O)C[C@@H]2C(=O)N(c3cccc(C(F)(F)F)c3)C(=S)N2CCCN2CCC(C(N)=O)CC2)cc1. The molecule has 3 amide bonds. The van der Waals surface area contributed by atoms with Crippen LogP contribution in [0.3, 0.4) is 0 Å². The molecule has 3 N–H and O–H groups in total. The minimum Gasteiger partial charge on any atom is -0.494 e. The highest BCUT2D eigenvalue weighted by Crippen LogP contribution is 2.34. The van der Waals surface area contributed by atoms with Crippen molar-refractivity contribution in [3.63, 3.8) is 0 Å². The first-order valence-corrected chi connectivity index (χ1v) is 16.2. The number of hydrogen-bond acceptors (Lipinski definition) is 6. The Bertz CT molecular complexity index is 1370. The van der Waals surface area contributed by atoms with E-state index in [9.17, 15) is 27.6 Å². The second-order valence-electron chi connectivity index (χ2n) is 11.8. The molecular weight excluding hydrogens is 619 g/mol. The summed E-state index contributed by atoms with van der Waals surface area (Å²) < 4.78 is 46.2. The van der Waals surface area contributed by atoms with Crippen molar-refractivity contribution >= 4 is 46.4 Å². The fourth-order valence-electron chi connectivity index (χ4n) is 5.79. The van der Waals surface area contributed by atoms with Gasteiger partial charge in [0.1, 0.15) is 11.8 Å². The zero-order valence-corrected chi connectivity index (χ0v) is 26.9. The van der Waals surface area contributed by atoms with Crippen molar-refractivity contribution in [2.75, 3.05) is 43.0 Å². The topological polar surface area (TPSA) is 108 Å². The third-order valence-corrected chi connectivity index (χ3v) is 8.81. The number of rotatable bonds is 15. The fourth-order valence-corrected chi connectivity index (χ4v) is 6.21. The van der Waals surface area contributed by atoms with Gasteiger partial charge >= 0.3 is 6.18 Å². The van der Waals surface area contributed by atoms with E-state index in [-0.39, 0.29) is 29.0 Å². The molecule has 2 heterocycles. The summed E-state index contributed by atoms with van der Waals surface area (Å²) in [5, 5.41) is 2.86. The average molecular weight is 662 g/mol. The van der Waals surface area contributed by atoms with Crippen molar-refractivity contribution < 1.29 is 32.3 Å². The summed E-state index contributed by atoms with van der Waals surface area (Å²) in [6.07, 6.45) is 1.47. The lowest BCUT2D eigenvalue weighted by Gasteiger charge is -2.31. The Morgan fingerprint density at radius 2 is 1.74 bits per heavy atom. The van der Waals surface area contributed by atoms with E-state index in [4.69, 9.17) is 22.7 Å². The zero-order valence-electron chi connectivity index (χ0n) is 26.1. The van der Waals surface area contributed by atoms with Crippen LogP contribution < -0.4 is 20.7 Å². The van der Waals surface area contributed by atoms with Crippen molar-refractivity contribution in [3.05, 3.63) is 54.1 Å². The highest BCUT2D eigenvalue weighted by molar-refractivity contribution is 7.80. The molecule has 46 heavy (non-hydrogen) atoms. The Morgan fingerprint density at radius 1 is 1.02 bits per heavy atom. The number of thiocarbonyl (C=S) groups is 1. The van der Waals surface area contributed by atoms with E-state index in [1.807, 2.05) is 0 Å². The molecule has 9 nitrogen and oxygen atoms in total. The molecule has 2 aromatic carbocycles. The quantitative estimate of drug-likeness (QED) is 0.190. The Morgan fingerprint density at radius 3 is 2.39 bits per heavy atom. The van der Waals surface area contributed by atoms with Crippen LogP contribution in [-0.2, 0) is 20.6 Å². The number of halogens is 3. The minimum atomic E-state index is -4.60. The van der Waals surface area contributed by atoms with E-state index in [0.717, 1.165) is 42.7 Å². The van der Waals surface area contributed by atoms with Crippen molar-refractivity contribution in [3.8, 4) is 5.75 Å². The molecule has 0 aliphatic carbocycles. The molecule has 0 spiro atoms. The van der Waals surface area contributed by atoms with Crippen molar-refractivity contribution in [2.45, 2.75) is 70.5 Å². The molecule has 0 bridgehead atoms.